The molecule has 1 aromatic rings. The second-order valence-corrected chi connectivity index (χ2v) is 3.17. The second-order valence-electron chi connectivity index (χ2n) is 3.17. The summed E-state index contributed by atoms with van der Waals surface area (Å²) in [6.45, 7) is 3.53. The molecule has 1 rings (SSSR count). The molecule has 80 valence electrons. The van der Waals surface area contributed by atoms with Gasteiger partial charge in [-0.25, -0.2) is 0 Å². The number of benzene rings is 1. The van der Waals surface area contributed by atoms with Gasteiger partial charge in [-0.05, 0) is 25.0 Å². The van der Waals surface area contributed by atoms with Gasteiger partial charge in [-0.1, -0.05) is 24.1 Å². The Kier molecular flexibility index (Phi) is 5.35. The molecule has 0 saturated heterocycles. The lowest BCUT2D eigenvalue weighted by molar-refractivity contribution is 0.409. The summed E-state index contributed by atoms with van der Waals surface area (Å²) >= 11 is 0. The van der Waals surface area contributed by atoms with E-state index < -0.39 is 0 Å². The first-order chi connectivity index (χ1) is 7.38. The molecule has 0 aliphatic carbocycles. The van der Waals surface area contributed by atoms with Crippen molar-refractivity contribution in [2.75, 3.05) is 20.2 Å². The molecule has 0 radical (unpaired) electrons. The van der Waals surface area contributed by atoms with Crippen molar-refractivity contribution in [3.05, 3.63) is 29.8 Å². The molecule has 0 heterocycles. The number of methoxy groups -OCH3 is 1. The number of ether oxygens (including phenoxy) is 1. The van der Waals surface area contributed by atoms with E-state index in [1.807, 2.05) is 25.1 Å². The zero-order valence-electron chi connectivity index (χ0n) is 9.34. The van der Waals surface area contributed by atoms with Crippen LogP contribution < -0.4 is 10.1 Å². The minimum absolute atomic E-state index is 0.756. The molecule has 0 spiro atoms. The average molecular weight is 203 g/mol. The Morgan fingerprint density at radius 2 is 2.13 bits per heavy atom. The Labute approximate surface area is 91.6 Å². The highest BCUT2D eigenvalue weighted by molar-refractivity contribution is 5.33. The number of hydrogen-bond acceptors (Lipinski definition) is 2. The van der Waals surface area contributed by atoms with Gasteiger partial charge in [0.05, 0.1) is 13.7 Å². The van der Waals surface area contributed by atoms with Gasteiger partial charge in [0.2, 0.25) is 0 Å². The zero-order valence-corrected chi connectivity index (χ0v) is 9.34. The van der Waals surface area contributed by atoms with E-state index in [1.54, 1.807) is 7.11 Å². The molecule has 0 aromatic heterocycles. The maximum Gasteiger partial charge on any atom is 0.122 e. The smallest absolute Gasteiger partial charge is 0.122 e. The van der Waals surface area contributed by atoms with Gasteiger partial charge in [0.15, 0.2) is 0 Å². The lowest BCUT2D eigenvalue weighted by Crippen LogP contribution is -2.17. The molecular weight excluding hydrogens is 186 g/mol. The predicted molar refractivity (Wildman–Crippen MR) is 63.0 cm³/mol. The molecule has 0 saturated carbocycles. The number of nitrogens with one attached hydrogen (secondary N) is 1. The van der Waals surface area contributed by atoms with E-state index in [2.05, 4.69) is 23.2 Å². The molecule has 0 fully saturated rings. The summed E-state index contributed by atoms with van der Waals surface area (Å²) in [7, 11) is 1.70. The summed E-state index contributed by atoms with van der Waals surface area (Å²) in [6.07, 6.45) is 0.968. The lowest BCUT2D eigenvalue weighted by atomic mass is 10.1. The van der Waals surface area contributed by atoms with Crippen molar-refractivity contribution in [3.63, 3.8) is 0 Å². The summed E-state index contributed by atoms with van der Waals surface area (Å²) in [5.74, 6) is 6.78. The molecule has 0 atom stereocenters. The van der Waals surface area contributed by atoms with Crippen LogP contribution in [0.15, 0.2) is 24.3 Å². The van der Waals surface area contributed by atoms with Gasteiger partial charge in [-0.2, -0.15) is 0 Å². The normalized spacial score (nSPS) is 9.20. The van der Waals surface area contributed by atoms with E-state index in [-0.39, 0.29) is 0 Å². The lowest BCUT2D eigenvalue weighted by Gasteiger charge is -2.07. The molecular formula is C13H17NO. The molecule has 0 unspecified atom stereocenters. The fraction of sp³-hybridized carbons (Fsp3) is 0.385. The third-order valence-corrected chi connectivity index (χ3v) is 2.15. The van der Waals surface area contributed by atoms with Crippen LogP contribution >= 0.6 is 0 Å². The van der Waals surface area contributed by atoms with Gasteiger partial charge < -0.3 is 10.1 Å². The van der Waals surface area contributed by atoms with E-state index in [1.165, 1.54) is 5.56 Å². The summed E-state index contributed by atoms with van der Waals surface area (Å²) in [4.78, 5) is 0. The van der Waals surface area contributed by atoms with Crippen molar-refractivity contribution >= 4 is 0 Å². The van der Waals surface area contributed by atoms with Crippen molar-refractivity contribution in [3.8, 4) is 17.6 Å². The summed E-state index contributed by atoms with van der Waals surface area (Å²) < 4.78 is 5.27. The average Bonchev–Trinajstić information content (AvgIpc) is 2.29. The fourth-order valence-corrected chi connectivity index (χ4v) is 1.37. The van der Waals surface area contributed by atoms with Crippen LogP contribution in [0.5, 0.6) is 5.75 Å². The van der Waals surface area contributed by atoms with Crippen molar-refractivity contribution < 1.29 is 4.74 Å². The van der Waals surface area contributed by atoms with E-state index in [0.717, 1.165) is 25.3 Å². The third-order valence-electron chi connectivity index (χ3n) is 2.15. The predicted octanol–water partition coefficient (Wildman–Crippen LogP) is 1.85. The first-order valence-corrected chi connectivity index (χ1v) is 5.10. The first kappa shape index (κ1) is 11.6. The molecule has 0 aliphatic rings. The quantitative estimate of drug-likeness (QED) is 0.582. The van der Waals surface area contributed by atoms with Gasteiger partial charge in [-0.3, -0.25) is 0 Å². The van der Waals surface area contributed by atoms with Gasteiger partial charge in [0, 0.05) is 6.54 Å². The van der Waals surface area contributed by atoms with E-state index in [9.17, 15) is 0 Å². The maximum atomic E-state index is 5.27. The Morgan fingerprint density at radius 1 is 1.33 bits per heavy atom. The summed E-state index contributed by atoms with van der Waals surface area (Å²) in [5.41, 5.74) is 1.23. The fourth-order valence-electron chi connectivity index (χ4n) is 1.37. The molecule has 2 nitrogen and oxygen atoms in total. The molecule has 1 N–H and O–H groups in total. The van der Waals surface area contributed by atoms with Gasteiger partial charge >= 0.3 is 0 Å². The van der Waals surface area contributed by atoms with E-state index in [4.69, 9.17) is 4.74 Å². The standard InChI is InChI=1S/C13H17NO/c1-3-4-10-14-11-9-12-7-5-6-8-13(12)15-2/h5-8,14H,9-11H2,1-2H3. The highest BCUT2D eigenvalue weighted by Crippen LogP contribution is 2.16. The van der Waals surface area contributed by atoms with Crippen LogP contribution in [0.3, 0.4) is 0 Å². The molecule has 0 bridgehead atoms. The van der Waals surface area contributed by atoms with Gasteiger partial charge in [0.25, 0.3) is 0 Å². The largest absolute Gasteiger partial charge is 0.496 e. The maximum absolute atomic E-state index is 5.27. The van der Waals surface area contributed by atoms with Crippen LogP contribution in [0, 0.1) is 11.8 Å². The minimum Gasteiger partial charge on any atom is -0.496 e. The third kappa shape index (κ3) is 4.05. The Hall–Kier alpha value is -1.46. The van der Waals surface area contributed by atoms with Crippen molar-refractivity contribution in [1.82, 2.24) is 5.32 Å². The van der Waals surface area contributed by atoms with Crippen LogP contribution in [0.4, 0.5) is 0 Å². The Balaban J connectivity index is 2.38. The summed E-state index contributed by atoms with van der Waals surface area (Å²) in [6, 6.07) is 8.09. The molecule has 15 heavy (non-hydrogen) atoms. The van der Waals surface area contributed by atoms with Crippen molar-refractivity contribution in [1.29, 1.82) is 0 Å². The molecule has 0 amide bonds. The summed E-state index contributed by atoms with van der Waals surface area (Å²) in [5, 5.41) is 3.26. The first-order valence-electron chi connectivity index (χ1n) is 5.10. The van der Waals surface area contributed by atoms with Crippen LogP contribution in [0.2, 0.25) is 0 Å². The Bertz CT molecular complexity index is 349. The van der Waals surface area contributed by atoms with Crippen LogP contribution in [0.25, 0.3) is 0 Å². The highest BCUT2D eigenvalue weighted by Gasteiger charge is 1.99. The Morgan fingerprint density at radius 3 is 2.87 bits per heavy atom. The molecule has 0 aliphatic heterocycles. The van der Waals surface area contributed by atoms with Crippen LogP contribution in [0.1, 0.15) is 12.5 Å². The SMILES string of the molecule is CC#CCNCCc1ccccc1OC. The minimum atomic E-state index is 0.756. The topological polar surface area (TPSA) is 21.3 Å². The number of hydrogen-bond donors (Lipinski definition) is 1. The number of para-hydroxylation sites is 1. The van der Waals surface area contributed by atoms with Crippen molar-refractivity contribution in [2.45, 2.75) is 13.3 Å². The number of rotatable bonds is 5. The van der Waals surface area contributed by atoms with Gasteiger partial charge in [-0.15, -0.1) is 5.92 Å². The van der Waals surface area contributed by atoms with Crippen LogP contribution in [-0.4, -0.2) is 20.2 Å². The van der Waals surface area contributed by atoms with E-state index in [0.29, 0.717) is 0 Å². The van der Waals surface area contributed by atoms with E-state index >= 15 is 0 Å². The monoisotopic (exact) mass is 203 g/mol. The molecule has 1 aromatic carbocycles. The molecule has 2 heteroatoms. The zero-order chi connectivity index (χ0) is 10.9. The highest BCUT2D eigenvalue weighted by atomic mass is 16.5. The van der Waals surface area contributed by atoms with Crippen molar-refractivity contribution in [2.24, 2.45) is 0 Å². The second kappa shape index (κ2) is 6.92. The van der Waals surface area contributed by atoms with Crippen LogP contribution in [-0.2, 0) is 6.42 Å². The van der Waals surface area contributed by atoms with Gasteiger partial charge in [0.1, 0.15) is 5.75 Å².